The van der Waals surface area contributed by atoms with Gasteiger partial charge in [0.05, 0.1) is 6.61 Å². The molecule has 0 saturated heterocycles. The van der Waals surface area contributed by atoms with E-state index in [2.05, 4.69) is 13.8 Å². The minimum absolute atomic E-state index is 0.359. The van der Waals surface area contributed by atoms with Crippen molar-refractivity contribution in [3.05, 3.63) is 52.6 Å². The second-order valence-corrected chi connectivity index (χ2v) is 5.03. The summed E-state index contributed by atoms with van der Waals surface area (Å²) in [5.41, 5.74) is 0.318. The summed E-state index contributed by atoms with van der Waals surface area (Å²) < 4.78 is 10.3. The van der Waals surface area contributed by atoms with E-state index in [1.54, 1.807) is 24.3 Å². The van der Waals surface area contributed by atoms with Crippen LogP contribution in [0.25, 0.3) is 11.1 Å². The predicted octanol–water partition coefficient (Wildman–Crippen LogP) is 3.04. The molecule has 0 bridgehead atoms. The van der Waals surface area contributed by atoms with Crippen molar-refractivity contribution in [2.75, 3.05) is 6.61 Å². The number of ether oxygens (including phenoxy) is 1. The van der Waals surface area contributed by atoms with Gasteiger partial charge in [0.15, 0.2) is 0 Å². The Hall–Kier alpha value is -2.56. The zero-order chi connectivity index (χ0) is 15.4. The molecule has 5 heteroatoms. The lowest BCUT2D eigenvalue weighted by atomic mass is 10.0. The molecule has 0 aliphatic heterocycles. The highest BCUT2D eigenvalue weighted by molar-refractivity contribution is 5.92. The summed E-state index contributed by atoms with van der Waals surface area (Å²) in [6, 6.07) is 9.63. The van der Waals surface area contributed by atoms with Gasteiger partial charge in [0.2, 0.25) is 5.76 Å². The molecule has 1 N–H and O–H groups in total. The van der Waals surface area contributed by atoms with Crippen molar-refractivity contribution in [1.82, 2.24) is 0 Å². The first-order valence-electron chi connectivity index (χ1n) is 6.58. The Balaban J connectivity index is 2.31. The molecule has 0 amide bonds. The van der Waals surface area contributed by atoms with Crippen LogP contribution in [0.3, 0.4) is 0 Å². The van der Waals surface area contributed by atoms with E-state index in [4.69, 9.17) is 14.3 Å². The molecule has 5 nitrogen and oxygen atoms in total. The van der Waals surface area contributed by atoms with Gasteiger partial charge >= 0.3 is 11.6 Å². The first kappa shape index (κ1) is 14.8. The molecule has 0 radical (unpaired) electrons. The molecule has 2 rings (SSSR count). The van der Waals surface area contributed by atoms with Gasteiger partial charge in [-0.25, -0.2) is 9.59 Å². The molecule has 1 aromatic carbocycles. The molecule has 1 aromatic heterocycles. The van der Waals surface area contributed by atoms with Crippen LogP contribution < -0.4 is 10.4 Å². The van der Waals surface area contributed by atoms with Gasteiger partial charge in [-0.1, -0.05) is 26.0 Å². The minimum Gasteiger partial charge on any atom is -0.493 e. The van der Waals surface area contributed by atoms with Crippen LogP contribution in [-0.4, -0.2) is 17.7 Å². The number of carbonyl (C=O) groups is 1. The maximum Gasteiger partial charge on any atom is 0.372 e. The highest BCUT2D eigenvalue weighted by Gasteiger charge is 2.15. The quantitative estimate of drug-likeness (QED) is 0.915. The number of carboxylic acids is 1. The molecule has 110 valence electrons. The number of rotatable bonds is 5. The fourth-order valence-corrected chi connectivity index (χ4v) is 1.80. The second-order valence-electron chi connectivity index (χ2n) is 5.03. The van der Waals surface area contributed by atoms with E-state index in [0.717, 1.165) is 0 Å². The third kappa shape index (κ3) is 3.72. The van der Waals surface area contributed by atoms with Crippen LogP contribution in [0.15, 0.2) is 45.6 Å². The normalized spacial score (nSPS) is 10.6. The minimum atomic E-state index is -1.28. The Bertz CT molecular complexity index is 683. The molecule has 0 aliphatic carbocycles. The Labute approximate surface area is 121 Å². The van der Waals surface area contributed by atoms with Crippen molar-refractivity contribution in [3.63, 3.8) is 0 Å². The fraction of sp³-hybridized carbons (Fsp3) is 0.250. The van der Waals surface area contributed by atoms with Gasteiger partial charge in [-0.3, -0.25) is 0 Å². The van der Waals surface area contributed by atoms with Gasteiger partial charge in [-0.2, -0.15) is 0 Å². The Morgan fingerprint density at radius 2 is 1.86 bits per heavy atom. The largest absolute Gasteiger partial charge is 0.493 e. The second kappa shape index (κ2) is 6.26. The highest BCUT2D eigenvalue weighted by atomic mass is 16.5. The lowest BCUT2D eigenvalue weighted by molar-refractivity contribution is 0.0658. The third-order valence-corrected chi connectivity index (χ3v) is 2.78. The smallest absolute Gasteiger partial charge is 0.372 e. The van der Waals surface area contributed by atoms with Gasteiger partial charge in [-0.05, 0) is 29.7 Å². The Kier molecular flexibility index (Phi) is 4.42. The SMILES string of the molecule is CC(C)COc1ccc(-c2ccc(=O)oc2C(=O)O)cc1. The molecule has 0 unspecified atom stereocenters. The van der Waals surface area contributed by atoms with Crippen LogP contribution in [0, 0.1) is 5.92 Å². The summed E-state index contributed by atoms with van der Waals surface area (Å²) in [5, 5.41) is 9.09. The summed E-state index contributed by atoms with van der Waals surface area (Å²) in [7, 11) is 0. The van der Waals surface area contributed by atoms with Gasteiger partial charge in [-0.15, -0.1) is 0 Å². The average molecular weight is 288 g/mol. The van der Waals surface area contributed by atoms with Crippen LogP contribution in [0.1, 0.15) is 24.4 Å². The zero-order valence-corrected chi connectivity index (χ0v) is 11.8. The summed E-state index contributed by atoms with van der Waals surface area (Å²) in [4.78, 5) is 22.3. The van der Waals surface area contributed by atoms with Crippen molar-refractivity contribution in [1.29, 1.82) is 0 Å². The van der Waals surface area contributed by atoms with Gasteiger partial charge < -0.3 is 14.3 Å². The summed E-state index contributed by atoms with van der Waals surface area (Å²) in [6.45, 7) is 4.72. The zero-order valence-electron chi connectivity index (χ0n) is 11.8. The lowest BCUT2D eigenvalue weighted by Gasteiger charge is -2.09. The molecule has 0 fully saturated rings. The van der Waals surface area contributed by atoms with E-state index < -0.39 is 11.6 Å². The average Bonchev–Trinajstić information content (AvgIpc) is 2.45. The van der Waals surface area contributed by atoms with E-state index in [1.165, 1.54) is 12.1 Å². The van der Waals surface area contributed by atoms with Crippen molar-refractivity contribution < 1.29 is 19.1 Å². The molecule has 0 spiro atoms. The number of carboxylic acid groups (broad SMARTS) is 1. The molecule has 2 aromatic rings. The molecular weight excluding hydrogens is 272 g/mol. The van der Waals surface area contributed by atoms with Gasteiger partial charge in [0, 0.05) is 11.6 Å². The monoisotopic (exact) mass is 288 g/mol. The summed E-state index contributed by atoms with van der Waals surface area (Å²) >= 11 is 0. The molecule has 0 aliphatic rings. The molecular formula is C16H16O5. The summed E-state index contributed by atoms with van der Waals surface area (Å²) in [5.74, 6) is -0.505. The number of aromatic carboxylic acids is 1. The van der Waals surface area contributed by atoms with E-state index in [0.29, 0.717) is 29.4 Å². The van der Waals surface area contributed by atoms with Crippen LogP contribution >= 0.6 is 0 Å². The first-order chi connectivity index (χ1) is 9.97. The van der Waals surface area contributed by atoms with Crippen LogP contribution in [-0.2, 0) is 0 Å². The van der Waals surface area contributed by atoms with Crippen LogP contribution in [0.2, 0.25) is 0 Å². The standard InChI is InChI=1S/C16H16O5/c1-10(2)9-20-12-5-3-11(4-6-12)13-7-8-14(17)21-15(13)16(18)19/h3-8,10H,9H2,1-2H3,(H,18,19). The number of benzene rings is 1. The van der Waals surface area contributed by atoms with Crippen molar-refractivity contribution >= 4 is 5.97 Å². The van der Waals surface area contributed by atoms with E-state index in [9.17, 15) is 9.59 Å². The van der Waals surface area contributed by atoms with E-state index >= 15 is 0 Å². The highest BCUT2D eigenvalue weighted by Crippen LogP contribution is 2.25. The number of hydrogen-bond donors (Lipinski definition) is 1. The molecule has 0 saturated carbocycles. The van der Waals surface area contributed by atoms with E-state index in [1.807, 2.05) is 0 Å². The van der Waals surface area contributed by atoms with Crippen molar-refractivity contribution in [2.45, 2.75) is 13.8 Å². The van der Waals surface area contributed by atoms with Crippen LogP contribution in [0.5, 0.6) is 5.75 Å². The van der Waals surface area contributed by atoms with Gasteiger partial charge in [0.1, 0.15) is 5.75 Å². The lowest BCUT2D eigenvalue weighted by Crippen LogP contribution is -2.07. The fourth-order valence-electron chi connectivity index (χ4n) is 1.80. The number of hydrogen-bond acceptors (Lipinski definition) is 4. The Morgan fingerprint density at radius 3 is 2.43 bits per heavy atom. The topological polar surface area (TPSA) is 76.7 Å². The molecule has 1 heterocycles. The molecule has 0 atom stereocenters. The van der Waals surface area contributed by atoms with Gasteiger partial charge in [0.25, 0.3) is 0 Å². The van der Waals surface area contributed by atoms with E-state index in [-0.39, 0.29) is 5.76 Å². The van der Waals surface area contributed by atoms with Crippen molar-refractivity contribution in [3.8, 4) is 16.9 Å². The van der Waals surface area contributed by atoms with Crippen molar-refractivity contribution in [2.24, 2.45) is 5.92 Å². The molecule has 21 heavy (non-hydrogen) atoms. The Morgan fingerprint density at radius 1 is 1.19 bits per heavy atom. The maximum atomic E-state index is 11.1. The maximum absolute atomic E-state index is 11.1. The first-order valence-corrected chi connectivity index (χ1v) is 6.58. The predicted molar refractivity (Wildman–Crippen MR) is 77.7 cm³/mol. The summed E-state index contributed by atoms with van der Waals surface area (Å²) in [6.07, 6.45) is 0. The third-order valence-electron chi connectivity index (χ3n) is 2.78. The van der Waals surface area contributed by atoms with Crippen LogP contribution in [0.4, 0.5) is 0 Å².